The Morgan fingerprint density at radius 2 is 2.04 bits per heavy atom. The molecule has 0 spiro atoms. The summed E-state index contributed by atoms with van der Waals surface area (Å²) in [6, 6.07) is 9.31. The zero-order valence-corrected chi connectivity index (χ0v) is 15.4. The van der Waals surface area contributed by atoms with Crippen LogP contribution in [0.4, 0.5) is 5.82 Å². The largest absolute Gasteiger partial charge is 0.469 e. The number of nitrogens with zero attached hydrogens (tertiary/aromatic N) is 4. The number of phosphoric ester groups is 1. The van der Waals surface area contributed by atoms with Crippen molar-refractivity contribution in [2.75, 3.05) is 12.3 Å². The minimum atomic E-state index is -4.67. The number of anilines is 1. The summed E-state index contributed by atoms with van der Waals surface area (Å²) in [6.45, 7) is -0.452. The van der Waals surface area contributed by atoms with Crippen LogP contribution in [0.1, 0.15) is 12.6 Å². The second-order valence-corrected chi connectivity index (χ2v) is 7.56. The van der Waals surface area contributed by atoms with Gasteiger partial charge in [0.1, 0.15) is 24.5 Å². The van der Waals surface area contributed by atoms with E-state index in [0.717, 1.165) is 5.56 Å². The fourth-order valence-electron chi connectivity index (χ4n) is 3.18. The maximum atomic E-state index is 10.9. The third-order valence-electron chi connectivity index (χ3n) is 4.44. The molecule has 11 nitrogen and oxygen atoms in total. The second kappa shape index (κ2) is 7.21. The minimum absolute atomic E-state index is 0.157. The van der Waals surface area contributed by atoms with Crippen molar-refractivity contribution in [3.05, 3.63) is 36.7 Å². The van der Waals surface area contributed by atoms with E-state index in [2.05, 4.69) is 19.5 Å². The molecule has 0 bridgehead atoms. The molecule has 5 N–H and O–H groups in total. The van der Waals surface area contributed by atoms with E-state index in [1.165, 1.54) is 6.33 Å². The number of nitrogens with two attached hydrogens (primary N) is 1. The molecule has 3 aromatic rings. The first-order chi connectivity index (χ1) is 13.3. The van der Waals surface area contributed by atoms with Crippen LogP contribution >= 0.6 is 7.82 Å². The number of fused-ring (bicyclic) bond motifs is 1. The number of imidazole rings is 1. The summed E-state index contributed by atoms with van der Waals surface area (Å²) < 4.78 is 23.0. The van der Waals surface area contributed by atoms with E-state index in [0.29, 0.717) is 17.0 Å². The first-order valence-electron chi connectivity index (χ1n) is 8.41. The SMILES string of the molecule is Nc1ncnc2c1nc(-c1ccccc1)n2[C@H]1C[C@H](O)[C@@H](COP(=O)(O)O)O1. The van der Waals surface area contributed by atoms with Crippen molar-refractivity contribution in [1.29, 1.82) is 0 Å². The lowest BCUT2D eigenvalue weighted by Gasteiger charge is -2.18. The first kappa shape index (κ1) is 18.9. The van der Waals surface area contributed by atoms with Crippen LogP contribution in [0, 0.1) is 0 Å². The number of nitrogen functional groups attached to an aromatic ring is 1. The van der Waals surface area contributed by atoms with E-state index in [1.54, 1.807) is 4.57 Å². The van der Waals surface area contributed by atoms with Crippen molar-refractivity contribution in [3.63, 3.8) is 0 Å². The average molecular weight is 407 g/mol. The normalized spacial score (nSPS) is 22.8. The zero-order valence-electron chi connectivity index (χ0n) is 14.5. The van der Waals surface area contributed by atoms with E-state index in [9.17, 15) is 9.67 Å². The molecule has 1 aliphatic heterocycles. The Balaban J connectivity index is 1.74. The number of aliphatic hydroxyl groups is 1. The predicted octanol–water partition coefficient (Wildman–Crippen LogP) is 0.833. The summed E-state index contributed by atoms with van der Waals surface area (Å²) in [5.74, 6) is 0.734. The molecule has 1 aromatic carbocycles. The Hall–Kier alpha value is -2.40. The van der Waals surface area contributed by atoms with Crippen LogP contribution in [0.15, 0.2) is 36.7 Å². The lowest BCUT2D eigenvalue weighted by molar-refractivity contribution is -0.0419. The van der Waals surface area contributed by atoms with Crippen molar-refractivity contribution in [2.45, 2.75) is 24.9 Å². The van der Waals surface area contributed by atoms with Crippen LogP contribution in [-0.2, 0) is 13.8 Å². The summed E-state index contributed by atoms with van der Waals surface area (Å²) >= 11 is 0. The lowest BCUT2D eigenvalue weighted by Crippen LogP contribution is -2.25. The minimum Gasteiger partial charge on any atom is -0.390 e. The molecule has 28 heavy (non-hydrogen) atoms. The number of benzene rings is 1. The van der Waals surface area contributed by atoms with Crippen LogP contribution in [0.2, 0.25) is 0 Å². The molecule has 2 aromatic heterocycles. The number of ether oxygens (including phenoxy) is 1. The van der Waals surface area contributed by atoms with Crippen molar-refractivity contribution in [2.24, 2.45) is 0 Å². The first-order valence-corrected chi connectivity index (χ1v) is 9.94. The van der Waals surface area contributed by atoms with E-state index in [1.807, 2.05) is 30.3 Å². The quantitative estimate of drug-likeness (QED) is 0.445. The van der Waals surface area contributed by atoms with E-state index in [4.69, 9.17) is 20.3 Å². The van der Waals surface area contributed by atoms with E-state index < -0.39 is 32.9 Å². The third kappa shape index (κ3) is 3.63. The number of hydrogen-bond donors (Lipinski definition) is 4. The number of phosphoric acid groups is 1. The molecule has 0 saturated carbocycles. The average Bonchev–Trinajstić information content (AvgIpc) is 3.21. The number of hydrogen-bond acceptors (Lipinski definition) is 8. The Kier molecular flexibility index (Phi) is 4.88. The Bertz CT molecular complexity index is 1040. The van der Waals surface area contributed by atoms with Gasteiger partial charge in [0.15, 0.2) is 17.0 Å². The van der Waals surface area contributed by atoms with Gasteiger partial charge in [0.2, 0.25) is 0 Å². The second-order valence-electron chi connectivity index (χ2n) is 6.32. The molecule has 0 unspecified atom stereocenters. The van der Waals surface area contributed by atoms with Gasteiger partial charge < -0.3 is 25.4 Å². The van der Waals surface area contributed by atoms with Gasteiger partial charge in [-0.1, -0.05) is 30.3 Å². The van der Waals surface area contributed by atoms with Crippen molar-refractivity contribution < 1.29 is 28.7 Å². The highest BCUT2D eigenvalue weighted by molar-refractivity contribution is 7.46. The highest BCUT2D eigenvalue weighted by Crippen LogP contribution is 2.40. The molecular formula is C16H18N5O6P. The summed E-state index contributed by atoms with van der Waals surface area (Å²) in [4.78, 5) is 30.5. The molecule has 1 saturated heterocycles. The predicted molar refractivity (Wildman–Crippen MR) is 97.7 cm³/mol. The van der Waals surface area contributed by atoms with Crippen molar-refractivity contribution in [1.82, 2.24) is 19.5 Å². The van der Waals surface area contributed by atoms with Crippen LogP contribution in [0.25, 0.3) is 22.6 Å². The molecule has 3 heterocycles. The van der Waals surface area contributed by atoms with Crippen molar-refractivity contribution in [3.8, 4) is 11.4 Å². The van der Waals surface area contributed by atoms with Gasteiger partial charge in [0.25, 0.3) is 0 Å². The molecule has 4 rings (SSSR count). The van der Waals surface area contributed by atoms with Gasteiger partial charge in [-0.25, -0.2) is 19.5 Å². The lowest BCUT2D eigenvalue weighted by atomic mass is 10.2. The molecule has 0 aliphatic carbocycles. The molecule has 1 fully saturated rings. The van der Waals surface area contributed by atoms with Crippen molar-refractivity contribution >= 4 is 24.8 Å². The van der Waals surface area contributed by atoms with Crippen LogP contribution in [-0.4, -0.2) is 53.2 Å². The van der Waals surface area contributed by atoms with Gasteiger partial charge >= 0.3 is 7.82 Å². The summed E-state index contributed by atoms with van der Waals surface area (Å²) in [5.41, 5.74) is 7.55. The topological polar surface area (TPSA) is 166 Å². The highest BCUT2D eigenvalue weighted by atomic mass is 31.2. The maximum absolute atomic E-state index is 10.9. The van der Waals surface area contributed by atoms with E-state index >= 15 is 0 Å². The molecule has 0 amide bonds. The molecule has 3 atom stereocenters. The summed E-state index contributed by atoms with van der Waals surface area (Å²) in [5, 5.41) is 10.3. The number of aromatic nitrogens is 4. The highest BCUT2D eigenvalue weighted by Gasteiger charge is 2.38. The standard InChI is InChI=1S/C16H18N5O6P/c17-14-13-16(19-8-18-14)21(15(20-13)9-4-2-1-3-5-9)12-6-10(22)11(27-12)7-26-28(23,24)25/h1-5,8,10-12,22H,6-7H2,(H2,17,18,19)(H2,23,24,25)/t10-,11+,12+/m0/s1. The molecule has 1 aliphatic rings. The molecular weight excluding hydrogens is 389 g/mol. The summed E-state index contributed by atoms with van der Waals surface area (Å²) in [6.07, 6.45) is -1.13. The molecule has 12 heteroatoms. The Morgan fingerprint density at radius 1 is 1.29 bits per heavy atom. The van der Waals surface area contributed by atoms with Gasteiger partial charge in [0.05, 0.1) is 12.7 Å². The van der Waals surface area contributed by atoms with Gasteiger partial charge in [-0.2, -0.15) is 0 Å². The van der Waals surface area contributed by atoms with Crippen LogP contribution in [0.3, 0.4) is 0 Å². The Labute approximate surface area is 159 Å². The van der Waals surface area contributed by atoms with Crippen LogP contribution < -0.4 is 5.73 Å². The fraction of sp³-hybridized carbons (Fsp3) is 0.312. The van der Waals surface area contributed by atoms with Gasteiger partial charge in [-0.3, -0.25) is 9.09 Å². The smallest absolute Gasteiger partial charge is 0.390 e. The van der Waals surface area contributed by atoms with Crippen LogP contribution in [0.5, 0.6) is 0 Å². The molecule has 0 radical (unpaired) electrons. The van der Waals surface area contributed by atoms with E-state index in [-0.39, 0.29) is 12.2 Å². The number of rotatable bonds is 5. The zero-order chi connectivity index (χ0) is 19.9. The number of aliphatic hydroxyl groups excluding tert-OH is 1. The fourth-order valence-corrected chi connectivity index (χ4v) is 3.52. The molecule has 148 valence electrons. The maximum Gasteiger partial charge on any atom is 0.469 e. The van der Waals surface area contributed by atoms with Gasteiger partial charge in [-0.05, 0) is 0 Å². The van der Waals surface area contributed by atoms with Gasteiger partial charge in [-0.15, -0.1) is 0 Å². The Morgan fingerprint density at radius 3 is 2.75 bits per heavy atom. The summed E-state index contributed by atoms with van der Waals surface area (Å²) in [7, 11) is -4.67. The van der Waals surface area contributed by atoms with Gasteiger partial charge in [0, 0.05) is 12.0 Å². The third-order valence-corrected chi connectivity index (χ3v) is 4.92. The monoisotopic (exact) mass is 407 g/mol.